The van der Waals surface area contributed by atoms with E-state index in [1.165, 1.54) is 0 Å². The first-order valence-corrected chi connectivity index (χ1v) is 3.80. The van der Waals surface area contributed by atoms with Gasteiger partial charge in [-0.15, -0.1) is 0 Å². The summed E-state index contributed by atoms with van der Waals surface area (Å²) in [5.41, 5.74) is -0.608. The lowest BCUT2D eigenvalue weighted by molar-refractivity contribution is -0.159. The quantitative estimate of drug-likeness (QED) is 0.590. The molecule has 68 valence electrons. The zero-order valence-corrected chi connectivity index (χ0v) is 7.33. The SMILES string of the molecule is CC1C(=O)OC(C(=O)O)C1(C)C. The van der Waals surface area contributed by atoms with Gasteiger partial charge in [0, 0.05) is 5.41 Å². The van der Waals surface area contributed by atoms with E-state index >= 15 is 0 Å². The smallest absolute Gasteiger partial charge is 0.345 e. The number of hydrogen-bond acceptors (Lipinski definition) is 3. The lowest BCUT2D eigenvalue weighted by atomic mass is 9.78. The van der Waals surface area contributed by atoms with Gasteiger partial charge in [-0.1, -0.05) is 20.8 Å². The van der Waals surface area contributed by atoms with Crippen LogP contribution in [0.1, 0.15) is 20.8 Å². The van der Waals surface area contributed by atoms with Gasteiger partial charge in [-0.05, 0) is 0 Å². The van der Waals surface area contributed by atoms with E-state index in [0.717, 1.165) is 0 Å². The molecule has 1 aliphatic rings. The van der Waals surface area contributed by atoms with Crippen LogP contribution in [0.5, 0.6) is 0 Å². The van der Waals surface area contributed by atoms with Crippen LogP contribution >= 0.6 is 0 Å². The summed E-state index contributed by atoms with van der Waals surface area (Å²) in [6.45, 7) is 5.13. The highest BCUT2D eigenvalue weighted by atomic mass is 16.6. The number of ether oxygens (including phenoxy) is 1. The van der Waals surface area contributed by atoms with E-state index in [4.69, 9.17) is 9.84 Å². The minimum absolute atomic E-state index is 0.349. The van der Waals surface area contributed by atoms with Gasteiger partial charge in [-0.2, -0.15) is 0 Å². The van der Waals surface area contributed by atoms with Crippen molar-refractivity contribution in [3.05, 3.63) is 0 Å². The van der Waals surface area contributed by atoms with E-state index in [0.29, 0.717) is 0 Å². The molecule has 1 rings (SSSR count). The number of hydrogen-bond donors (Lipinski definition) is 1. The molecule has 1 heterocycles. The summed E-state index contributed by atoms with van der Waals surface area (Å²) >= 11 is 0. The number of cyclic esters (lactones) is 1. The normalized spacial score (nSPS) is 33.1. The average Bonchev–Trinajstić information content (AvgIpc) is 2.13. The van der Waals surface area contributed by atoms with Crippen molar-refractivity contribution < 1.29 is 19.4 Å². The first-order valence-electron chi connectivity index (χ1n) is 3.80. The van der Waals surface area contributed by atoms with Crippen LogP contribution in [0.15, 0.2) is 0 Å². The molecule has 2 unspecified atom stereocenters. The average molecular weight is 172 g/mol. The molecular weight excluding hydrogens is 160 g/mol. The Labute approximate surface area is 70.5 Å². The fourth-order valence-electron chi connectivity index (χ4n) is 1.27. The Kier molecular flexibility index (Phi) is 1.86. The van der Waals surface area contributed by atoms with E-state index in [9.17, 15) is 9.59 Å². The molecule has 1 aliphatic heterocycles. The highest BCUT2D eigenvalue weighted by molar-refractivity contribution is 5.84. The Balaban J connectivity index is 2.95. The molecule has 0 aromatic rings. The molecule has 0 spiro atoms. The van der Waals surface area contributed by atoms with Gasteiger partial charge >= 0.3 is 11.9 Å². The van der Waals surface area contributed by atoms with E-state index in [2.05, 4.69) is 0 Å². The number of carbonyl (C=O) groups is 2. The van der Waals surface area contributed by atoms with Crippen LogP contribution in [0, 0.1) is 11.3 Å². The third-order valence-electron chi connectivity index (χ3n) is 2.60. The van der Waals surface area contributed by atoms with E-state index in [-0.39, 0.29) is 5.92 Å². The van der Waals surface area contributed by atoms with E-state index in [1.54, 1.807) is 20.8 Å². The highest BCUT2D eigenvalue weighted by Crippen LogP contribution is 2.39. The Morgan fingerprint density at radius 1 is 1.58 bits per heavy atom. The van der Waals surface area contributed by atoms with Crippen LogP contribution in [0.2, 0.25) is 0 Å². The van der Waals surface area contributed by atoms with Crippen LogP contribution in [-0.4, -0.2) is 23.1 Å². The number of carboxylic acid groups (broad SMARTS) is 1. The topological polar surface area (TPSA) is 63.6 Å². The summed E-state index contributed by atoms with van der Waals surface area (Å²) in [6.07, 6.45) is -1.00. The largest absolute Gasteiger partial charge is 0.478 e. The molecule has 0 bridgehead atoms. The van der Waals surface area contributed by atoms with Crippen LogP contribution in [0.4, 0.5) is 0 Å². The van der Waals surface area contributed by atoms with Crippen LogP contribution in [0.25, 0.3) is 0 Å². The van der Waals surface area contributed by atoms with Gasteiger partial charge in [0.1, 0.15) is 0 Å². The van der Waals surface area contributed by atoms with Crippen molar-refractivity contribution in [1.29, 1.82) is 0 Å². The molecule has 1 fully saturated rings. The predicted octanol–water partition coefficient (Wildman–Crippen LogP) is 0.659. The summed E-state index contributed by atoms with van der Waals surface area (Å²) in [5.74, 6) is -1.84. The lowest BCUT2D eigenvalue weighted by Crippen LogP contribution is -2.35. The maximum Gasteiger partial charge on any atom is 0.345 e. The van der Waals surface area contributed by atoms with Crippen molar-refractivity contribution in [3.8, 4) is 0 Å². The fraction of sp³-hybridized carbons (Fsp3) is 0.750. The predicted molar refractivity (Wildman–Crippen MR) is 40.5 cm³/mol. The summed E-state index contributed by atoms with van der Waals surface area (Å²) in [5, 5.41) is 8.71. The molecule has 0 amide bonds. The Morgan fingerprint density at radius 3 is 2.25 bits per heavy atom. The summed E-state index contributed by atoms with van der Waals surface area (Å²) in [6, 6.07) is 0. The van der Waals surface area contributed by atoms with Gasteiger partial charge < -0.3 is 9.84 Å². The number of esters is 1. The minimum Gasteiger partial charge on any atom is -0.478 e. The highest BCUT2D eigenvalue weighted by Gasteiger charge is 2.52. The third-order valence-corrected chi connectivity index (χ3v) is 2.60. The lowest BCUT2D eigenvalue weighted by Gasteiger charge is -2.23. The third kappa shape index (κ3) is 1.07. The molecule has 4 heteroatoms. The first-order chi connectivity index (χ1) is 5.37. The van der Waals surface area contributed by atoms with Gasteiger partial charge in [-0.3, -0.25) is 4.79 Å². The van der Waals surface area contributed by atoms with Crippen molar-refractivity contribution in [3.63, 3.8) is 0 Å². The molecule has 12 heavy (non-hydrogen) atoms. The second kappa shape index (κ2) is 2.47. The van der Waals surface area contributed by atoms with E-state index in [1.807, 2.05) is 0 Å². The van der Waals surface area contributed by atoms with Crippen LogP contribution in [0.3, 0.4) is 0 Å². The molecular formula is C8H12O4. The van der Waals surface area contributed by atoms with Gasteiger partial charge in [-0.25, -0.2) is 4.79 Å². The fourth-order valence-corrected chi connectivity index (χ4v) is 1.27. The molecule has 0 aromatic carbocycles. The number of aliphatic carboxylic acids is 1. The number of carboxylic acids is 1. The van der Waals surface area contributed by atoms with Gasteiger partial charge in [0.05, 0.1) is 5.92 Å². The van der Waals surface area contributed by atoms with Crippen LogP contribution in [-0.2, 0) is 14.3 Å². The molecule has 0 aliphatic carbocycles. The van der Waals surface area contributed by atoms with Crippen LogP contribution < -0.4 is 0 Å². The Bertz CT molecular complexity index is 231. The van der Waals surface area contributed by atoms with Crippen molar-refractivity contribution in [2.75, 3.05) is 0 Å². The molecule has 0 aromatic heterocycles. The van der Waals surface area contributed by atoms with Gasteiger partial charge in [0.25, 0.3) is 0 Å². The summed E-state index contributed by atoms with van der Waals surface area (Å²) < 4.78 is 4.71. The molecule has 0 radical (unpaired) electrons. The zero-order valence-electron chi connectivity index (χ0n) is 7.33. The van der Waals surface area contributed by atoms with Crippen molar-refractivity contribution in [2.24, 2.45) is 11.3 Å². The van der Waals surface area contributed by atoms with E-state index < -0.39 is 23.5 Å². The Hall–Kier alpha value is -1.06. The first kappa shape index (κ1) is 9.03. The van der Waals surface area contributed by atoms with Gasteiger partial charge in [0.15, 0.2) is 0 Å². The molecule has 4 nitrogen and oxygen atoms in total. The summed E-state index contributed by atoms with van der Waals surface area (Å²) in [7, 11) is 0. The second-order valence-electron chi connectivity index (χ2n) is 3.70. The monoisotopic (exact) mass is 172 g/mol. The number of carbonyl (C=O) groups excluding carboxylic acids is 1. The number of rotatable bonds is 1. The zero-order chi connectivity index (χ0) is 9.52. The summed E-state index contributed by atoms with van der Waals surface area (Å²) in [4.78, 5) is 21.7. The van der Waals surface area contributed by atoms with Crippen molar-refractivity contribution in [1.82, 2.24) is 0 Å². The maximum atomic E-state index is 11.0. The van der Waals surface area contributed by atoms with Crippen molar-refractivity contribution in [2.45, 2.75) is 26.9 Å². The molecule has 1 N–H and O–H groups in total. The minimum atomic E-state index is -1.07. The second-order valence-corrected chi connectivity index (χ2v) is 3.70. The maximum absolute atomic E-state index is 11.0. The van der Waals surface area contributed by atoms with Gasteiger partial charge in [0.2, 0.25) is 6.10 Å². The Morgan fingerprint density at radius 2 is 2.08 bits per heavy atom. The van der Waals surface area contributed by atoms with Crippen molar-refractivity contribution >= 4 is 11.9 Å². The molecule has 2 atom stereocenters. The molecule has 1 saturated heterocycles. The standard InChI is InChI=1S/C8H12O4/c1-4-7(11)12-5(6(9)10)8(4,2)3/h4-5H,1-3H3,(H,9,10). The molecule has 0 saturated carbocycles.